The number of ether oxygens (including phenoxy) is 3. The van der Waals surface area contributed by atoms with Gasteiger partial charge in [0, 0.05) is 51.6 Å². The number of fused-ring (bicyclic) bond motifs is 1. The fraction of sp³-hybridized carbons (Fsp3) is 0.611. The molecule has 9 nitrogen and oxygen atoms in total. The van der Waals surface area contributed by atoms with Crippen molar-refractivity contribution in [2.75, 3.05) is 59.2 Å². The largest absolute Gasteiger partial charge is 0.490 e. The minimum Gasteiger partial charge on any atom is -0.490 e. The summed E-state index contributed by atoms with van der Waals surface area (Å²) in [5, 5.41) is 2.81. The molecule has 2 aliphatic rings. The maximum absolute atomic E-state index is 12.4. The van der Waals surface area contributed by atoms with Crippen molar-refractivity contribution in [2.45, 2.75) is 17.7 Å². The van der Waals surface area contributed by atoms with E-state index < -0.39 is 10.0 Å². The Morgan fingerprint density at radius 2 is 1.79 bits per heavy atom. The van der Waals surface area contributed by atoms with Crippen molar-refractivity contribution in [2.24, 2.45) is 0 Å². The second kappa shape index (κ2) is 10.1. The highest BCUT2D eigenvalue weighted by Crippen LogP contribution is 2.31. The van der Waals surface area contributed by atoms with E-state index >= 15 is 0 Å². The first-order chi connectivity index (χ1) is 13.5. The molecule has 2 N–H and O–H groups in total. The summed E-state index contributed by atoms with van der Waals surface area (Å²) in [7, 11) is -3.73. The predicted octanol–water partition coefficient (Wildman–Crippen LogP) is -0.0353. The van der Waals surface area contributed by atoms with E-state index in [2.05, 4.69) is 14.9 Å². The molecule has 156 valence electrons. The molecule has 0 spiro atoms. The Balaban J connectivity index is 1.42. The van der Waals surface area contributed by atoms with Gasteiger partial charge >= 0.3 is 0 Å². The van der Waals surface area contributed by atoms with E-state index in [1.165, 1.54) is 12.1 Å². The number of nitrogens with one attached hydrogen (secondary N) is 2. The Morgan fingerprint density at radius 3 is 2.57 bits per heavy atom. The van der Waals surface area contributed by atoms with Gasteiger partial charge in [0.2, 0.25) is 15.9 Å². The molecule has 0 bridgehead atoms. The summed E-state index contributed by atoms with van der Waals surface area (Å²) in [4.78, 5) is 14.2. The summed E-state index contributed by atoms with van der Waals surface area (Å²) in [5.74, 6) is 0.770. The van der Waals surface area contributed by atoms with Crippen LogP contribution in [0.15, 0.2) is 23.1 Å². The molecule has 1 amide bonds. The first kappa shape index (κ1) is 20.8. The maximum Gasteiger partial charge on any atom is 0.240 e. The fourth-order valence-electron chi connectivity index (χ4n) is 2.96. The lowest BCUT2D eigenvalue weighted by Crippen LogP contribution is -2.41. The molecule has 28 heavy (non-hydrogen) atoms. The normalized spacial score (nSPS) is 17.7. The quantitative estimate of drug-likeness (QED) is 0.616. The molecule has 0 aliphatic carbocycles. The summed E-state index contributed by atoms with van der Waals surface area (Å²) in [6, 6.07) is 4.51. The number of nitrogens with zero attached hydrogens (tertiary/aromatic N) is 1. The zero-order chi connectivity index (χ0) is 19.8. The number of morpholine rings is 1. The van der Waals surface area contributed by atoms with Gasteiger partial charge in [-0.2, -0.15) is 0 Å². The number of sulfonamides is 1. The van der Waals surface area contributed by atoms with Crippen LogP contribution >= 0.6 is 0 Å². The van der Waals surface area contributed by atoms with Crippen LogP contribution in [0.3, 0.4) is 0 Å². The van der Waals surface area contributed by atoms with E-state index in [1.807, 2.05) is 0 Å². The van der Waals surface area contributed by atoms with Gasteiger partial charge in [-0.1, -0.05) is 0 Å². The van der Waals surface area contributed by atoms with Crippen molar-refractivity contribution < 1.29 is 27.4 Å². The highest BCUT2D eigenvalue weighted by molar-refractivity contribution is 7.89. The van der Waals surface area contributed by atoms with Gasteiger partial charge in [0.15, 0.2) is 11.5 Å². The van der Waals surface area contributed by atoms with Crippen LogP contribution in [-0.2, 0) is 19.6 Å². The number of benzene rings is 1. The third-order valence-electron chi connectivity index (χ3n) is 4.53. The smallest absolute Gasteiger partial charge is 0.240 e. The molecule has 1 aromatic rings. The molecule has 0 aromatic heterocycles. The van der Waals surface area contributed by atoms with Crippen LogP contribution in [0.5, 0.6) is 11.5 Å². The Kier molecular flexibility index (Phi) is 7.49. The van der Waals surface area contributed by atoms with Gasteiger partial charge in [-0.05, 0) is 12.1 Å². The molecule has 0 unspecified atom stereocenters. The summed E-state index contributed by atoms with van der Waals surface area (Å²) in [6.07, 6.45) is 0.822. The third-order valence-corrected chi connectivity index (χ3v) is 5.99. The van der Waals surface area contributed by atoms with E-state index in [4.69, 9.17) is 14.2 Å². The van der Waals surface area contributed by atoms with Crippen molar-refractivity contribution in [3.63, 3.8) is 0 Å². The lowest BCUT2D eigenvalue weighted by atomic mass is 10.3. The van der Waals surface area contributed by atoms with Crippen LogP contribution in [0, 0.1) is 0 Å². The molecular formula is C18H27N3O6S. The topological polar surface area (TPSA) is 106 Å². The molecule has 1 saturated heterocycles. The number of carbonyl (C=O) groups excluding carboxylic acids is 1. The number of carbonyl (C=O) groups is 1. The molecule has 1 fully saturated rings. The molecule has 3 rings (SSSR count). The average molecular weight is 413 g/mol. The molecule has 10 heteroatoms. The first-order valence-corrected chi connectivity index (χ1v) is 11.0. The van der Waals surface area contributed by atoms with Gasteiger partial charge < -0.3 is 19.5 Å². The molecule has 0 radical (unpaired) electrons. The van der Waals surface area contributed by atoms with Crippen LogP contribution in [-0.4, -0.2) is 78.4 Å². The fourth-order valence-corrected chi connectivity index (χ4v) is 4.01. The zero-order valence-electron chi connectivity index (χ0n) is 15.8. The van der Waals surface area contributed by atoms with Gasteiger partial charge in [-0.25, -0.2) is 13.1 Å². The summed E-state index contributed by atoms with van der Waals surface area (Å²) >= 11 is 0. The van der Waals surface area contributed by atoms with Gasteiger partial charge in [0.05, 0.1) is 31.3 Å². The van der Waals surface area contributed by atoms with Gasteiger partial charge in [0.25, 0.3) is 0 Å². The van der Waals surface area contributed by atoms with Crippen LogP contribution in [0.1, 0.15) is 12.8 Å². The van der Waals surface area contributed by atoms with Crippen LogP contribution in [0.2, 0.25) is 0 Å². The second-order valence-electron chi connectivity index (χ2n) is 6.61. The van der Waals surface area contributed by atoms with Crippen LogP contribution in [0.25, 0.3) is 0 Å². The highest BCUT2D eigenvalue weighted by atomic mass is 32.2. The first-order valence-electron chi connectivity index (χ1n) is 9.51. The lowest BCUT2D eigenvalue weighted by Gasteiger charge is -2.26. The Hall–Kier alpha value is -1.88. The van der Waals surface area contributed by atoms with Gasteiger partial charge in [0.1, 0.15) is 0 Å². The van der Waals surface area contributed by atoms with E-state index in [9.17, 15) is 13.2 Å². The minimum absolute atomic E-state index is 0.0279. The Morgan fingerprint density at radius 1 is 1.04 bits per heavy atom. The molecule has 2 aliphatic heterocycles. The molecule has 0 atom stereocenters. The van der Waals surface area contributed by atoms with E-state index in [0.29, 0.717) is 31.3 Å². The molecular weight excluding hydrogens is 386 g/mol. The van der Waals surface area contributed by atoms with Crippen molar-refractivity contribution in [3.8, 4) is 11.5 Å². The summed E-state index contributed by atoms with van der Waals surface area (Å²) in [6.45, 7) is 5.51. The van der Waals surface area contributed by atoms with Crippen LogP contribution < -0.4 is 19.5 Å². The maximum atomic E-state index is 12.4. The van der Waals surface area contributed by atoms with E-state index in [0.717, 1.165) is 39.3 Å². The predicted molar refractivity (Wildman–Crippen MR) is 102 cm³/mol. The van der Waals surface area contributed by atoms with Crippen molar-refractivity contribution >= 4 is 15.9 Å². The number of amides is 1. The molecule has 0 saturated carbocycles. The van der Waals surface area contributed by atoms with Crippen LogP contribution in [0.4, 0.5) is 0 Å². The summed E-state index contributed by atoms with van der Waals surface area (Å²) < 4.78 is 43.7. The van der Waals surface area contributed by atoms with Gasteiger partial charge in [-0.3, -0.25) is 9.69 Å². The minimum atomic E-state index is -3.73. The average Bonchev–Trinajstić information content (AvgIpc) is 2.93. The monoisotopic (exact) mass is 413 g/mol. The zero-order valence-corrected chi connectivity index (χ0v) is 16.6. The summed E-state index contributed by atoms with van der Waals surface area (Å²) in [5.41, 5.74) is 0. The Bertz CT molecular complexity index is 765. The van der Waals surface area contributed by atoms with Crippen molar-refractivity contribution in [3.05, 3.63) is 18.2 Å². The standard InChI is InChI=1S/C18H27N3O6S/c22-18(19-6-7-21-8-12-25-13-9-21)4-5-20-28(23,24)15-2-3-16-17(14-15)27-11-1-10-26-16/h2-3,14,20H,1,4-13H2,(H,19,22). The highest BCUT2D eigenvalue weighted by Gasteiger charge is 2.19. The Labute approximate surface area is 165 Å². The molecule has 1 aromatic carbocycles. The van der Waals surface area contributed by atoms with E-state index in [1.54, 1.807) is 6.07 Å². The SMILES string of the molecule is O=C(CCNS(=O)(=O)c1ccc2c(c1)OCCCO2)NCCN1CCOCC1. The van der Waals surface area contributed by atoms with Crippen molar-refractivity contribution in [1.29, 1.82) is 0 Å². The third kappa shape index (κ3) is 6.06. The number of hydrogen-bond donors (Lipinski definition) is 2. The number of hydrogen-bond acceptors (Lipinski definition) is 7. The molecule has 2 heterocycles. The van der Waals surface area contributed by atoms with Crippen molar-refractivity contribution in [1.82, 2.24) is 14.9 Å². The van der Waals surface area contributed by atoms with E-state index in [-0.39, 0.29) is 23.8 Å². The lowest BCUT2D eigenvalue weighted by molar-refractivity contribution is -0.121. The second-order valence-corrected chi connectivity index (χ2v) is 8.38. The number of rotatable bonds is 8. The van der Waals surface area contributed by atoms with Gasteiger partial charge in [-0.15, -0.1) is 0 Å².